The van der Waals surface area contributed by atoms with Crippen LogP contribution in [0.1, 0.15) is 71.8 Å². The smallest absolute Gasteiger partial charge is 0.270 e. The Balaban J connectivity index is 2.20. The number of anilines is 2. The lowest BCUT2D eigenvalue weighted by Gasteiger charge is -2.25. The third-order valence-corrected chi connectivity index (χ3v) is 6.77. The second-order valence-corrected chi connectivity index (χ2v) is 9.41. The predicted molar refractivity (Wildman–Crippen MR) is 133 cm³/mol. The lowest BCUT2D eigenvalue weighted by molar-refractivity contribution is -0.115. The van der Waals surface area contributed by atoms with Gasteiger partial charge in [0.1, 0.15) is 17.3 Å². The number of nitrogens with one attached hydrogen (secondary N) is 4. The number of amides is 1. The first kappa shape index (κ1) is 25.5. The van der Waals surface area contributed by atoms with E-state index in [1.54, 1.807) is 11.9 Å². The first-order valence-electron chi connectivity index (χ1n) is 11.8. The molecular weight excluding hydrogens is 408 g/mol. The Kier molecular flexibility index (Phi) is 11.2. The molecule has 1 aromatic heterocycles. The minimum absolute atomic E-state index is 0.0288. The summed E-state index contributed by atoms with van der Waals surface area (Å²) in [5.41, 5.74) is 0.523. The highest BCUT2D eigenvalue weighted by Gasteiger charge is 2.22. The van der Waals surface area contributed by atoms with E-state index in [4.69, 9.17) is 10.4 Å². The number of hydrogen-bond acceptors (Lipinski definition) is 7. The minimum atomic E-state index is -0.326. The van der Waals surface area contributed by atoms with Crippen LogP contribution in [0.4, 0.5) is 11.6 Å². The lowest BCUT2D eigenvalue weighted by Crippen LogP contribution is -2.45. The van der Waals surface area contributed by atoms with Crippen molar-refractivity contribution < 1.29 is 4.79 Å². The molecule has 1 amide bonds. The van der Waals surface area contributed by atoms with E-state index in [0.717, 1.165) is 57.7 Å². The molecule has 0 spiro atoms. The van der Waals surface area contributed by atoms with Gasteiger partial charge in [-0.15, -0.1) is 0 Å². The Morgan fingerprint density at radius 1 is 1.29 bits per heavy atom. The van der Waals surface area contributed by atoms with Gasteiger partial charge in [0.15, 0.2) is 0 Å². The Morgan fingerprint density at radius 3 is 2.68 bits per heavy atom. The Hall–Kier alpha value is -1.80. The van der Waals surface area contributed by atoms with Crippen molar-refractivity contribution in [3.8, 4) is 0 Å². The van der Waals surface area contributed by atoms with Crippen molar-refractivity contribution in [2.24, 2.45) is 0 Å². The van der Waals surface area contributed by atoms with E-state index in [1.165, 1.54) is 12.8 Å². The van der Waals surface area contributed by atoms with Gasteiger partial charge in [0.25, 0.3) is 5.91 Å². The van der Waals surface area contributed by atoms with Crippen molar-refractivity contribution in [2.45, 2.75) is 77.5 Å². The molecule has 1 aromatic rings. The molecule has 174 valence electrons. The summed E-state index contributed by atoms with van der Waals surface area (Å²) in [5, 5.41) is 15.3. The zero-order chi connectivity index (χ0) is 22.6. The topological polar surface area (TPSA) is 93.1 Å². The second kappa shape index (κ2) is 13.6. The zero-order valence-electron chi connectivity index (χ0n) is 19.6. The SMILES string of the molecule is CCCCCN(CC)c1ccc(C(=N)C(=O)NC2CCNCC2)c(NSC(C)CC)n1. The molecule has 1 saturated heterocycles. The van der Waals surface area contributed by atoms with Gasteiger partial charge in [-0.25, -0.2) is 4.98 Å². The summed E-state index contributed by atoms with van der Waals surface area (Å²) in [5.74, 6) is 1.16. The van der Waals surface area contributed by atoms with Gasteiger partial charge in [-0.3, -0.25) is 10.2 Å². The van der Waals surface area contributed by atoms with Gasteiger partial charge in [0.05, 0.1) is 0 Å². The van der Waals surface area contributed by atoms with Gasteiger partial charge in [0.2, 0.25) is 0 Å². The summed E-state index contributed by atoms with van der Waals surface area (Å²) in [6, 6.07) is 3.94. The lowest BCUT2D eigenvalue weighted by atomic mass is 10.1. The first-order valence-corrected chi connectivity index (χ1v) is 12.7. The van der Waals surface area contributed by atoms with E-state index in [2.05, 4.69) is 48.0 Å². The van der Waals surface area contributed by atoms with E-state index in [0.29, 0.717) is 16.6 Å². The molecule has 1 aliphatic heterocycles. The van der Waals surface area contributed by atoms with Crippen molar-refractivity contribution in [2.75, 3.05) is 35.8 Å². The number of aromatic nitrogens is 1. The van der Waals surface area contributed by atoms with Crippen molar-refractivity contribution in [3.63, 3.8) is 0 Å². The number of carbonyl (C=O) groups is 1. The fourth-order valence-corrected chi connectivity index (χ4v) is 4.11. The maximum absolute atomic E-state index is 12.8. The van der Waals surface area contributed by atoms with Crippen LogP contribution in [-0.4, -0.2) is 54.1 Å². The molecule has 4 N–H and O–H groups in total. The summed E-state index contributed by atoms with van der Waals surface area (Å²) in [6.45, 7) is 12.3. The van der Waals surface area contributed by atoms with Crippen molar-refractivity contribution in [1.82, 2.24) is 15.6 Å². The van der Waals surface area contributed by atoms with Crippen molar-refractivity contribution in [1.29, 1.82) is 5.41 Å². The van der Waals surface area contributed by atoms with Crippen molar-refractivity contribution >= 4 is 35.2 Å². The molecular formula is C23H40N6OS. The molecule has 31 heavy (non-hydrogen) atoms. The zero-order valence-corrected chi connectivity index (χ0v) is 20.4. The van der Waals surface area contributed by atoms with Crippen LogP contribution in [-0.2, 0) is 4.79 Å². The highest BCUT2D eigenvalue weighted by atomic mass is 32.2. The van der Waals surface area contributed by atoms with Crippen LogP contribution in [0.5, 0.6) is 0 Å². The quantitative estimate of drug-likeness (QED) is 0.205. The summed E-state index contributed by atoms with van der Waals surface area (Å²) >= 11 is 1.59. The average Bonchev–Trinajstić information content (AvgIpc) is 2.80. The van der Waals surface area contributed by atoms with Gasteiger partial charge < -0.3 is 20.3 Å². The molecule has 0 bridgehead atoms. The number of hydrogen-bond donors (Lipinski definition) is 4. The van der Waals surface area contributed by atoms with Crippen LogP contribution in [0.3, 0.4) is 0 Å². The van der Waals surface area contributed by atoms with Crippen molar-refractivity contribution in [3.05, 3.63) is 17.7 Å². The van der Waals surface area contributed by atoms with E-state index >= 15 is 0 Å². The van der Waals surface area contributed by atoms with Crippen LogP contribution >= 0.6 is 11.9 Å². The molecule has 2 rings (SSSR count). The monoisotopic (exact) mass is 448 g/mol. The number of piperidine rings is 1. The van der Waals surface area contributed by atoms with Crippen LogP contribution < -0.4 is 20.3 Å². The maximum Gasteiger partial charge on any atom is 0.270 e. The van der Waals surface area contributed by atoms with Crippen LogP contribution in [0, 0.1) is 5.41 Å². The molecule has 8 heteroatoms. The molecule has 1 fully saturated rings. The predicted octanol–water partition coefficient (Wildman–Crippen LogP) is 4.19. The molecule has 1 unspecified atom stereocenters. The molecule has 2 heterocycles. The van der Waals surface area contributed by atoms with Gasteiger partial charge in [0, 0.05) is 29.9 Å². The summed E-state index contributed by atoms with van der Waals surface area (Å²) in [4.78, 5) is 19.9. The third-order valence-electron chi connectivity index (χ3n) is 5.72. The summed E-state index contributed by atoms with van der Waals surface area (Å²) < 4.78 is 3.34. The molecule has 0 aliphatic carbocycles. The molecule has 1 atom stereocenters. The van der Waals surface area contributed by atoms with Crippen LogP contribution in [0.25, 0.3) is 0 Å². The Bertz CT molecular complexity index is 707. The van der Waals surface area contributed by atoms with Gasteiger partial charge in [-0.05, 0) is 69.8 Å². The van der Waals surface area contributed by atoms with Gasteiger partial charge in [-0.1, -0.05) is 33.6 Å². The molecule has 7 nitrogen and oxygen atoms in total. The number of rotatable bonds is 13. The molecule has 0 saturated carbocycles. The fourth-order valence-electron chi connectivity index (χ4n) is 3.48. The number of carbonyl (C=O) groups excluding carboxylic acids is 1. The summed E-state index contributed by atoms with van der Waals surface area (Å²) in [7, 11) is 0. The highest BCUT2D eigenvalue weighted by Crippen LogP contribution is 2.25. The first-order chi connectivity index (χ1) is 15.0. The van der Waals surface area contributed by atoms with Gasteiger partial charge in [-0.2, -0.15) is 0 Å². The molecule has 0 radical (unpaired) electrons. The molecule has 1 aliphatic rings. The van der Waals surface area contributed by atoms with Gasteiger partial charge >= 0.3 is 0 Å². The number of pyridine rings is 1. The summed E-state index contributed by atoms with van der Waals surface area (Å²) in [6.07, 6.45) is 6.34. The molecule has 0 aromatic carbocycles. The minimum Gasteiger partial charge on any atom is -0.357 e. The van der Waals surface area contributed by atoms with E-state index in [-0.39, 0.29) is 17.7 Å². The standard InChI is InChI=1S/C23H40N6OS/c1-5-8-9-16-29(7-3)20-11-10-19(22(27-20)28-31-17(4)6-2)21(24)23(30)26-18-12-14-25-15-13-18/h10-11,17-18,24-25H,5-9,12-16H2,1-4H3,(H,26,30)(H,27,28). The second-order valence-electron chi connectivity index (χ2n) is 8.16. The Labute approximate surface area is 192 Å². The Morgan fingerprint density at radius 2 is 2.03 bits per heavy atom. The number of unbranched alkanes of at least 4 members (excludes halogenated alkanes) is 2. The average molecular weight is 449 g/mol. The van der Waals surface area contributed by atoms with Crippen LogP contribution in [0.2, 0.25) is 0 Å². The highest BCUT2D eigenvalue weighted by molar-refractivity contribution is 8.01. The maximum atomic E-state index is 12.8. The number of nitrogens with zero attached hydrogens (tertiary/aromatic N) is 2. The van der Waals surface area contributed by atoms with E-state index in [9.17, 15) is 4.79 Å². The van der Waals surface area contributed by atoms with E-state index in [1.807, 2.05) is 12.1 Å². The largest absolute Gasteiger partial charge is 0.357 e. The van der Waals surface area contributed by atoms with Crippen LogP contribution in [0.15, 0.2) is 12.1 Å². The fraction of sp³-hybridized carbons (Fsp3) is 0.696. The normalized spacial score (nSPS) is 15.4. The third kappa shape index (κ3) is 8.00. The van der Waals surface area contributed by atoms with E-state index < -0.39 is 0 Å².